The van der Waals surface area contributed by atoms with E-state index in [2.05, 4.69) is 15.5 Å². The van der Waals surface area contributed by atoms with Crippen LogP contribution in [-0.4, -0.2) is 51.8 Å². The Labute approximate surface area is 245 Å². The lowest BCUT2D eigenvalue weighted by Crippen LogP contribution is -2.15. The van der Waals surface area contributed by atoms with Gasteiger partial charge in [0.1, 0.15) is 0 Å². The van der Waals surface area contributed by atoms with Crippen LogP contribution in [-0.2, 0) is 9.59 Å². The molecule has 5 aromatic rings. The predicted molar refractivity (Wildman–Crippen MR) is 160 cm³/mol. The van der Waals surface area contributed by atoms with Gasteiger partial charge in [0.25, 0.3) is 0 Å². The van der Waals surface area contributed by atoms with Crippen LogP contribution in [0.4, 0.5) is 5.69 Å². The van der Waals surface area contributed by atoms with Crippen molar-refractivity contribution in [1.82, 2.24) is 19.7 Å². The Morgan fingerprint density at radius 2 is 1.68 bits per heavy atom. The molecule has 40 heavy (non-hydrogen) atoms. The third-order valence-corrected chi connectivity index (χ3v) is 7.40. The number of amides is 2. The second-order valence-electron chi connectivity index (χ2n) is 8.41. The number of thioether (sulfide) groups is 1. The first-order chi connectivity index (χ1) is 19.4. The molecule has 0 spiro atoms. The van der Waals surface area contributed by atoms with Crippen molar-refractivity contribution >= 4 is 53.1 Å². The van der Waals surface area contributed by atoms with Crippen molar-refractivity contribution in [2.75, 3.05) is 25.2 Å². The normalized spacial score (nSPS) is 10.4. The Morgan fingerprint density at radius 3 is 2.35 bits per heavy atom. The number of aromatic nitrogens is 3. The Morgan fingerprint density at radius 1 is 0.975 bits per heavy atom. The molecule has 8 nitrogen and oxygen atoms in total. The van der Waals surface area contributed by atoms with Gasteiger partial charge < -0.3 is 14.6 Å². The van der Waals surface area contributed by atoms with Gasteiger partial charge in [-0.15, -0.1) is 10.2 Å². The summed E-state index contributed by atoms with van der Waals surface area (Å²) in [6, 6.07) is 28.7. The molecule has 5 rings (SSSR count). The summed E-state index contributed by atoms with van der Waals surface area (Å²) < 4.78 is 7.44. The van der Waals surface area contributed by atoms with E-state index in [9.17, 15) is 9.59 Å². The molecule has 0 atom stereocenters. The Hall–Kier alpha value is -3.99. The number of nitrogens with zero attached hydrogens (tertiary/aromatic N) is 4. The van der Waals surface area contributed by atoms with Crippen molar-refractivity contribution in [2.45, 2.75) is 14.9 Å². The first-order valence-corrected chi connectivity index (χ1v) is 14.2. The van der Waals surface area contributed by atoms with Crippen molar-refractivity contribution < 1.29 is 14.0 Å². The molecule has 0 unspecified atom stereocenters. The number of furan rings is 1. The van der Waals surface area contributed by atoms with Crippen LogP contribution in [0.1, 0.15) is 0 Å². The number of anilines is 1. The van der Waals surface area contributed by atoms with Gasteiger partial charge in [-0.05, 0) is 60.7 Å². The van der Waals surface area contributed by atoms with Crippen LogP contribution in [0.5, 0.6) is 0 Å². The topological polar surface area (TPSA) is 93.3 Å². The summed E-state index contributed by atoms with van der Waals surface area (Å²) in [6.07, 6.45) is 2.35. The van der Waals surface area contributed by atoms with Crippen LogP contribution in [0, 0.1) is 0 Å². The van der Waals surface area contributed by atoms with Gasteiger partial charge in [0.05, 0.1) is 17.7 Å². The van der Waals surface area contributed by atoms with E-state index in [4.69, 9.17) is 16.0 Å². The molecule has 0 aliphatic heterocycles. The van der Waals surface area contributed by atoms with Crippen molar-refractivity contribution in [3.63, 3.8) is 0 Å². The summed E-state index contributed by atoms with van der Waals surface area (Å²) in [7, 11) is 3.38. The monoisotopic (exact) mass is 591 g/mol. The van der Waals surface area contributed by atoms with Gasteiger partial charge in [-0.1, -0.05) is 65.5 Å². The summed E-state index contributed by atoms with van der Waals surface area (Å²) >= 11 is 8.87. The summed E-state index contributed by atoms with van der Waals surface area (Å²) in [5.41, 5.74) is 1.63. The first kappa shape index (κ1) is 29.0. The van der Waals surface area contributed by atoms with E-state index in [0.717, 1.165) is 27.6 Å². The summed E-state index contributed by atoms with van der Waals surface area (Å²) in [6.45, 7) is 0. The predicted octanol–water partition coefficient (Wildman–Crippen LogP) is 6.77. The van der Waals surface area contributed by atoms with Gasteiger partial charge in [0, 0.05) is 34.6 Å². The Balaban J connectivity index is 0.000000681. The van der Waals surface area contributed by atoms with E-state index >= 15 is 0 Å². The Bertz CT molecular complexity index is 1530. The maximum atomic E-state index is 12.9. The first-order valence-electron chi connectivity index (χ1n) is 12.1. The number of benzene rings is 3. The second kappa shape index (κ2) is 14.4. The number of carbonyl (C=O) groups is 2. The van der Waals surface area contributed by atoms with Crippen LogP contribution in [0.25, 0.3) is 17.3 Å². The van der Waals surface area contributed by atoms with Crippen molar-refractivity contribution in [2.24, 2.45) is 0 Å². The quantitative estimate of drug-likeness (QED) is 0.149. The lowest BCUT2D eigenvalue weighted by atomic mass is 10.3. The lowest BCUT2D eigenvalue weighted by Gasteiger charge is -2.11. The number of carbonyl (C=O) groups excluding carboxylic acids is 2. The number of hydrogen-bond donors (Lipinski definition) is 1. The molecule has 2 amide bonds. The molecular formula is C29H26ClN5O3S2. The standard InChI is InChI=1S/C26H19ClN4O2S2.C3H7NO/c27-18-12-14-20(15-13-18)35-23-11-5-4-9-21(23)28-24(32)17-34-26-30-29-25(22-10-6-16-33-22)31(26)19-7-2-1-3-8-19;1-4(2)3-5/h1-16H,17H2,(H,28,32);3H,1-2H3. The molecule has 204 valence electrons. The zero-order valence-corrected chi connectivity index (χ0v) is 24.1. The highest BCUT2D eigenvalue weighted by Crippen LogP contribution is 2.34. The number of nitrogens with one attached hydrogen (secondary N) is 1. The van der Waals surface area contributed by atoms with Crippen LogP contribution < -0.4 is 5.32 Å². The van der Waals surface area contributed by atoms with E-state index in [1.54, 1.807) is 38.2 Å². The Kier molecular flexibility index (Phi) is 10.4. The minimum absolute atomic E-state index is 0.138. The third kappa shape index (κ3) is 8.01. The van der Waals surface area contributed by atoms with Crippen molar-refractivity contribution in [3.8, 4) is 17.3 Å². The molecule has 1 N–H and O–H groups in total. The van der Waals surface area contributed by atoms with Gasteiger partial charge in [0.2, 0.25) is 18.1 Å². The fourth-order valence-electron chi connectivity index (χ4n) is 3.34. The summed E-state index contributed by atoms with van der Waals surface area (Å²) in [5.74, 6) is 1.21. The molecule has 0 saturated carbocycles. The van der Waals surface area contributed by atoms with Gasteiger partial charge in [-0.2, -0.15) is 0 Å². The molecule has 2 heterocycles. The maximum Gasteiger partial charge on any atom is 0.234 e. The zero-order valence-electron chi connectivity index (χ0n) is 21.7. The molecular weight excluding hydrogens is 566 g/mol. The largest absolute Gasteiger partial charge is 0.461 e. The maximum absolute atomic E-state index is 12.9. The van der Waals surface area contributed by atoms with E-state index in [1.807, 2.05) is 89.5 Å². The number of para-hydroxylation sites is 2. The lowest BCUT2D eigenvalue weighted by molar-refractivity contribution is -0.116. The van der Waals surface area contributed by atoms with E-state index in [-0.39, 0.29) is 11.7 Å². The van der Waals surface area contributed by atoms with Crippen molar-refractivity contribution in [3.05, 3.63) is 102 Å². The van der Waals surface area contributed by atoms with Crippen LogP contribution in [0.2, 0.25) is 5.02 Å². The molecule has 0 saturated heterocycles. The zero-order chi connectivity index (χ0) is 28.3. The van der Waals surface area contributed by atoms with E-state index in [1.165, 1.54) is 16.7 Å². The number of halogens is 1. The average molecular weight is 592 g/mol. The smallest absolute Gasteiger partial charge is 0.234 e. The summed E-state index contributed by atoms with van der Waals surface area (Å²) in [5, 5.41) is 13.0. The summed E-state index contributed by atoms with van der Waals surface area (Å²) in [4.78, 5) is 25.7. The molecule has 0 fully saturated rings. The van der Waals surface area contributed by atoms with Gasteiger partial charge in [0.15, 0.2) is 10.9 Å². The molecule has 3 aromatic carbocycles. The number of hydrogen-bond acceptors (Lipinski definition) is 7. The molecule has 11 heteroatoms. The SMILES string of the molecule is CN(C)C=O.O=C(CSc1nnc(-c2ccco2)n1-c1ccccc1)Nc1ccccc1Sc1ccc(Cl)cc1. The van der Waals surface area contributed by atoms with Crippen LogP contribution in [0.15, 0.2) is 117 Å². The highest BCUT2D eigenvalue weighted by atomic mass is 35.5. The molecule has 0 bridgehead atoms. The van der Waals surface area contributed by atoms with Crippen molar-refractivity contribution in [1.29, 1.82) is 0 Å². The molecule has 0 radical (unpaired) electrons. The highest BCUT2D eigenvalue weighted by Gasteiger charge is 2.19. The van der Waals surface area contributed by atoms with Gasteiger partial charge >= 0.3 is 0 Å². The van der Waals surface area contributed by atoms with Crippen LogP contribution in [0.3, 0.4) is 0 Å². The molecule has 2 aromatic heterocycles. The average Bonchev–Trinajstić information content (AvgIpc) is 3.65. The fraction of sp³-hybridized carbons (Fsp3) is 0.103. The highest BCUT2D eigenvalue weighted by molar-refractivity contribution is 8.00. The van der Waals surface area contributed by atoms with Gasteiger partial charge in [-0.25, -0.2) is 0 Å². The number of rotatable bonds is 9. The van der Waals surface area contributed by atoms with E-state index in [0.29, 0.717) is 21.8 Å². The fourth-order valence-corrected chi connectivity index (χ4v) is 5.12. The van der Waals surface area contributed by atoms with E-state index < -0.39 is 0 Å². The third-order valence-electron chi connectivity index (χ3n) is 5.14. The van der Waals surface area contributed by atoms with Gasteiger partial charge in [-0.3, -0.25) is 14.2 Å². The molecule has 0 aliphatic rings. The minimum atomic E-state index is -0.138. The van der Waals surface area contributed by atoms with Crippen LogP contribution >= 0.6 is 35.1 Å². The minimum Gasteiger partial charge on any atom is -0.461 e. The second-order valence-corrected chi connectivity index (χ2v) is 10.9. The molecule has 0 aliphatic carbocycles.